The molecular formula is C11H5BrF2N4O. The topological polar surface area (TPSA) is 52.3 Å². The smallest absolute Gasteiger partial charge is 0.265 e. The summed E-state index contributed by atoms with van der Waals surface area (Å²) in [6, 6.07) is 2.31. The van der Waals surface area contributed by atoms with Crippen LogP contribution in [-0.2, 0) is 0 Å². The zero-order chi connectivity index (χ0) is 13.4. The van der Waals surface area contributed by atoms with Gasteiger partial charge in [-0.15, -0.1) is 10.2 Å². The highest BCUT2D eigenvalue weighted by atomic mass is 79.9. The van der Waals surface area contributed by atoms with Crippen LogP contribution in [-0.4, -0.2) is 19.6 Å². The van der Waals surface area contributed by atoms with Gasteiger partial charge in [-0.3, -0.25) is 4.40 Å². The van der Waals surface area contributed by atoms with Crippen LogP contribution in [0.2, 0.25) is 0 Å². The Morgan fingerprint density at radius 1 is 1.26 bits per heavy atom. The van der Waals surface area contributed by atoms with Crippen LogP contribution in [0.1, 0.15) is 0 Å². The van der Waals surface area contributed by atoms with E-state index in [0.717, 1.165) is 6.07 Å². The largest absolute Gasteiger partial charge is 0.433 e. The lowest BCUT2D eigenvalue weighted by Gasteiger charge is -2.07. The van der Waals surface area contributed by atoms with Crippen LogP contribution in [0.25, 0.3) is 5.65 Å². The summed E-state index contributed by atoms with van der Waals surface area (Å²) in [5.74, 6) is -2.35. The number of nitrogens with zero attached hydrogens (tertiary/aromatic N) is 4. The van der Waals surface area contributed by atoms with E-state index in [1.165, 1.54) is 18.6 Å². The van der Waals surface area contributed by atoms with Crippen molar-refractivity contribution < 1.29 is 13.5 Å². The normalized spacial score (nSPS) is 10.9. The lowest BCUT2D eigenvalue weighted by molar-refractivity contribution is 0.406. The summed E-state index contributed by atoms with van der Waals surface area (Å²) in [4.78, 5) is 3.92. The molecule has 0 fully saturated rings. The maximum absolute atomic E-state index is 13.6. The van der Waals surface area contributed by atoms with Crippen molar-refractivity contribution in [1.82, 2.24) is 19.6 Å². The van der Waals surface area contributed by atoms with Crippen LogP contribution in [0.5, 0.6) is 11.6 Å². The Morgan fingerprint density at radius 2 is 2.11 bits per heavy atom. The quantitative estimate of drug-likeness (QED) is 0.679. The van der Waals surface area contributed by atoms with Gasteiger partial charge in [-0.05, 0) is 12.1 Å². The van der Waals surface area contributed by atoms with E-state index in [0.29, 0.717) is 10.1 Å². The first-order chi connectivity index (χ1) is 9.15. The van der Waals surface area contributed by atoms with E-state index < -0.39 is 11.6 Å². The fourth-order valence-corrected chi connectivity index (χ4v) is 1.93. The molecular weight excluding hydrogens is 322 g/mol. The summed E-state index contributed by atoms with van der Waals surface area (Å²) < 4.78 is 34.0. The molecule has 8 heteroatoms. The summed E-state index contributed by atoms with van der Waals surface area (Å²) in [5, 5.41) is 7.46. The highest BCUT2D eigenvalue weighted by Crippen LogP contribution is 2.29. The number of fused-ring (bicyclic) bond motifs is 1. The van der Waals surface area contributed by atoms with Gasteiger partial charge in [0, 0.05) is 16.9 Å². The zero-order valence-corrected chi connectivity index (χ0v) is 10.8. The van der Waals surface area contributed by atoms with E-state index >= 15 is 0 Å². The fraction of sp³-hybridized carbons (Fsp3) is 0. The molecule has 0 aliphatic carbocycles. The molecule has 2 heterocycles. The minimum absolute atomic E-state index is 0.0383. The molecule has 0 atom stereocenters. The monoisotopic (exact) mass is 326 g/mol. The first-order valence-electron chi connectivity index (χ1n) is 5.12. The second-order valence-electron chi connectivity index (χ2n) is 3.60. The van der Waals surface area contributed by atoms with Crippen molar-refractivity contribution in [2.45, 2.75) is 0 Å². The maximum Gasteiger partial charge on any atom is 0.265 e. The molecule has 3 rings (SSSR count). The van der Waals surface area contributed by atoms with Crippen LogP contribution in [0.15, 0.2) is 35.3 Å². The molecule has 3 aromatic rings. The molecule has 19 heavy (non-hydrogen) atoms. The van der Waals surface area contributed by atoms with Crippen molar-refractivity contribution in [3.8, 4) is 11.6 Å². The van der Waals surface area contributed by atoms with E-state index in [1.807, 2.05) is 0 Å². The Labute approximate surface area is 114 Å². The number of aromatic nitrogens is 4. The standard InChI is InChI=1S/C11H5BrF2N4O/c12-6-3-7(13)9(14)8(4-6)19-11-10-17-16-5-18(10)2-1-15-11/h1-5H. The average molecular weight is 327 g/mol. The minimum Gasteiger partial charge on any atom is -0.433 e. The third kappa shape index (κ3) is 2.14. The van der Waals surface area contributed by atoms with Gasteiger partial charge in [0.2, 0.25) is 11.5 Å². The average Bonchev–Trinajstić information content (AvgIpc) is 2.84. The predicted octanol–water partition coefficient (Wildman–Crippen LogP) is 2.96. The van der Waals surface area contributed by atoms with Gasteiger partial charge in [-0.2, -0.15) is 4.39 Å². The Kier molecular flexibility index (Phi) is 2.86. The van der Waals surface area contributed by atoms with Crippen molar-refractivity contribution in [3.63, 3.8) is 0 Å². The van der Waals surface area contributed by atoms with Crippen molar-refractivity contribution >= 4 is 21.6 Å². The molecule has 0 N–H and O–H groups in total. The van der Waals surface area contributed by atoms with Crippen molar-refractivity contribution in [1.29, 1.82) is 0 Å². The molecule has 0 radical (unpaired) electrons. The molecule has 2 aromatic heterocycles. The van der Waals surface area contributed by atoms with E-state index in [1.54, 1.807) is 10.6 Å². The van der Waals surface area contributed by atoms with Gasteiger partial charge in [-0.1, -0.05) is 15.9 Å². The SMILES string of the molecule is Fc1cc(Br)cc(Oc2nccn3cnnc23)c1F. The molecule has 96 valence electrons. The molecule has 1 aromatic carbocycles. The van der Waals surface area contributed by atoms with E-state index in [-0.39, 0.29) is 11.6 Å². The number of ether oxygens (including phenoxy) is 1. The van der Waals surface area contributed by atoms with Gasteiger partial charge < -0.3 is 4.74 Å². The van der Waals surface area contributed by atoms with Crippen molar-refractivity contribution in [2.24, 2.45) is 0 Å². The summed E-state index contributed by atoms with van der Waals surface area (Å²) >= 11 is 3.06. The van der Waals surface area contributed by atoms with Crippen LogP contribution >= 0.6 is 15.9 Å². The molecule has 0 saturated carbocycles. The van der Waals surface area contributed by atoms with E-state index in [2.05, 4.69) is 31.1 Å². The third-order valence-electron chi connectivity index (χ3n) is 2.35. The Hall–Kier alpha value is -2.09. The highest BCUT2D eigenvalue weighted by molar-refractivity contribution is 9.10. The van der Waals surface area contributed by atoms with Crippen molar-refractivity contribution in [3.05, 3.63) is 47.0 Å². The van der Waals surface area contributed by atoms with Gasteiger partial charge >= 0.3 is 0 Å². The molecule has 0 saturated heterocycles. The second-order valence-corrected chi connectivity index (χ2v) is 4.51. The summed E-state index contributed by atoms with van der Waals surface area (Å²) in [7, 11) is 0. The summed E-state index contributed by atoms with van der Waals surface area (Å²) in [5.41, 5.74) is 0.308. The molecule has 0 bridgehead atoms. The van der Waals surface area contributed by atoms with Crippen LogP contribution in [0.3, 0.4) is 0 Å². The molecule has 5 nitrogen and oxygen atoms in total. The molecule has 0 aliphatic heterocycles. The van der Waals surface area contributed by atoms with Gasteiger partial charge in [-0.25, -0.2) is 9.37 Å². The van der Waals surface area contributed by atoms with Crippen LogP contribution in [0, 0.1) is 11.6 Å². The Bertz CT molecular complexity index is 762. The Balaban J connectivity index is 2.08. The fourth-order valence-electron chi connectivity index (χ4n) is 1.52. The Morgan fingerprint density at radius 3 is 2.95 bits per heavy atom. The molecule has 0 aliphatic rings. The second kappa shape index (κ2) is 4.54. The highest BCUT2D eigenvalue weighted by Gasteiger charge is 2.15. The van der Waals surface area contributed by atoms with E-state index in [9.17, 15) is 8.78 Å². The van der Waals surface area contributed by atoms with Crippen LogP contribution < -0.4 is 4.74 Å². The molecule has 0 unspecified atom stereocenters. The first kappa shape index (κ1) is 12.0. The number of halogens is 3. The number of hydrogen-bond donors (Lipinski definition) is 0. The lowest BCUT2D eigenvalue weighted by atomic mass is 10.3. The lowest BCUT2D eigenvalue weighted by Crippen LogP contribution is -1.96. The number of rotatable bonds is 2. The summed E-state index contributed by atoms with van der Waals surface area (Å²) in [6.07, 6.45) is 4.50. The van der Waals surface area contributed by atoms with Crippen LogP contribution in [0.4, 0.5) is 8.78 Å². The maximum atomic E-state index is 13.6. The van der Waals surface area contributed by atoms with Gasteiger partial charge in [0.05, 0.1) is 0 Å². The van der Waals surface area contributed by atoms with Gasteiger partial charge in [0.1, 0.15) is 6.33 Å². The third-order valence-corrected chi connectivity index (χ3v) is 2.81. The molecule has 0 spiro atoms. The zero-order valence-electron chi connectivity index (χ0n) is 9.22. The van der Waals surface area contributed by atoms with Crippen molar-refractivity contribution in [2.75, 3.05) is 0 Å². The van der Waals surface area contributed by atoms with Gasteiger partial charge in [0.25, 0.3) is 5.88 Å². The minimum atomic E-state index is -1.09. The van der Waals surface area contributed by atoms with E-state index in [4.69, 9.17) is 4.74 Å². The number of hydrogen-bond acceptors (Lipinski definition) is 4. The first-order valence-corrected chi connectivity index (χ1v) is 5.91. The van der Waals surface area contributed by atoms with Gasteiger partial charge in [0.15, 0.2) is 11.6 Å². The predicted molar refractivity (Wildman–Crippen MR) is 64.9 cm³/mol. The number of benzene rings is 1. The summed E-state index contributed by atoms with van der Waals surface area (Å²) in [6.45, 7) is 0. The molecule has 0 amide bonds.